The maximum Gasteiger partial charge on any atom is 0.328 e. The van der Waals surface area contributed by atoms with E-state index in [0.29, 0.717) is 17.9 Å². The standard InChI is InChI=1S/C27H32FN5O4/c1-17(2)15-32(23(34)10-11-24(35)36)13-12-29-26(37)22-16-33-25(30-22)20(27(3,4)5)14-21(31-33)18-6-8-19(28)9-7-18/h6-11,14,16-17H,12-13,15H2,1-5H3,(H,29,37)(H,35,36). The van der Waals surface area contributed by atoms with Crippen molar-refractivity contribution in [1.82, 2.24) is 24.8 Å². The van der Waals surface area contributed by atoms with Gasteiger partial charge in [-0.3, -0.25) is 9.59 Å². The highest BCUT2D eigenvalue weighted by Gasteiger charge is 2.23. The topological polar surface area (TPSA) is 117 Å². The quantitative estimate of drug-likeness (QED) is 0.425. The number of aromatic nitrogens is 3. The number of halogens is 1. The lowest BCUT2D eigenvalue weighted by Crippen LogP contribution is -2.39. The third-order valence-corrected chi connectivity index (χ3v) is 5.54. The summed E-state index contributed by atoms with van der Waals surface area (Å²) in [6.45, 7) is 10.8. The fourth-order valence-electron chi connectivity index (χ4n) is 3.78. The van der Waals surface area contributed by atoms with Gasteiger partial charge in [-0.2, -0.15) is 5.10 Å². The van der Waals surface area contributed by atoms with Crippen molar-refractivity contribution in [3.8, 4) is 11.3 Å². The Morgan fingerprint density at radius 1 is 1.16 bits per heavy atom. The predicted molar refractivity (Wildman–Crippen MR) is 138 cm³/mol. The Morgan fingerprint density at radius 3 is 2.43 bits per heavy atom. The van der Waals surface area contributed by atoms with E-state index in [1.54, 1.807) is 22.8 Å². The van der Waals surface area contributed by atoms with Crippen molar-refractivity contribution >= 4 is 23.4 Å². The average Bonchev–Trinajstić information content (AvgIpc) is 3.25. The molecule has 9 nitrogen and oxygen atoms in total. The molecular weight excluding hydrogens is 477 g/mol. The van der Waals surface area contributed by atoms with Gasteiger partial charge in [0.2, 0.25) is 5.91 Å². The van der Waals surface area contributed by atoms with E-state index in [1.807, 2.05) is 40.7 Å². The maximum absolute atomic E-state index is 13.4. The predicted octanol–water partition coefficient (Wildman–Crippen LogP) is 3.69. The number of carboxylic acid groups (broad SMARTS) is 1. The SMILES string of the molecule is CC(C)CN(CCNC(=O)c1cn2nc(-c3ccc(F)cc3)cc(C(C)(C)C)c2n1)C(=O)C=CC(=O)O. The van der Waals surface area contributed by atoms with Crippen LogP contribution in [0.5, 0.6) is 0 Å². The summed E-state index contributed by atoms with van der Waals surface area (Å²) >= 11 is 0. The molecule has 37 heavy (non-hydrogen) atoms. The van der Waals surface area contributed by atoms with Crippen LogP contribution in [0.15, 0.2) is 48.7 Å². The van der Waals surface area contributed by atoms with Gasteiger partial charge in [-0.05, 0) is 41.7 Å². The van der Waals surface area contributed by atoms with Crippen LogP contribution >= 0.6 is 0 Å². The van der Waals surface area contributed by atoms with E-state index in [2.05, 4.69) is 15.4 Å². The number of hydrogen-bond acceptors (Lipinski definition) is 5. The summed E-state index contributed by atoms with van der Waals surface area (Å²) in [4.78, 5) is 42.0. The first-order chi connectivity index (χ1) is 17.3. The number of amides is 2. The van der Waals surface area contributed by atoms with Crippen molar-refractivity contribution in [3.05, 3.63) is 65.8 Å². The molecule has 0 fully saturated rings. The highest BCUT2D eigenvalue weighted by atomic mass is 19.1. The van der Waals surface area contributed by atoms with Gasteiger partial charge < -0.3 is 15.3 Å². The van der Waals surface area contributed by atoms with Crippen LogP contribution in [0.1, 0.15) is 50.7 Å². The number of carboxylic acids is 1. The molecule has 0 bridgehead atoms. The smallest absolute Gasteiger partial charge is 0.328 e. The summed E-state index contributed by atoms with van der Waals surface area (Å²) in [7, 11) is 0. The lowest BCUT2D eigenvalue weighted by atomic mass is 9.87. The fraction of sp³-hybridized carbons (Fsp3) is 0.370. The number of hydrogen-bond donors (Lipinski definition) is 2. The number of aliphatic carboxylic acids is 1. The molecule has 0 radical (unpaired) electrons. The molecule has 196 valence electrons. The van der Waals surface area contributed by atoms with Gasteiger partial charge in [-0.25, -0.2) is 18.7 Å². The number of nitrogens with one attached hydrogen (secondary N) is 1. The largest absolute Gasteiger partial charge is 0.478 e. The maximum atomic E-state index is 13.4. The van der Waals surface area contributed by atoms with Crippen LogP contribution in [-0.2, 0) is 15.0 Å². The summed E-state index contributed by atoms with van der Waals surface area (Å²) in [5.41, 5.74) is 2.64. The van der Waals surface area contributed by atoms with E-state index in [4.69, 9.17) is 5.11 Å². The van der Waals surface area contributed by atoms with Crippen molar-refractivity contribution < 1.29 is 23.9 Å². The zero-order valence-electron chi connectivity index (χ0n) is 21.7. The molecule has 2 aromatic heterocycles. The molecule has 3 aromatic rings. The first-order valence-electron chi connectivity index (χ1n) is 12.0. The number of carbonyl (C=O) groups excluding carboxylic acids is 2. The van der Waals surface area contributed by atoms with Crippen molar-refractivity contribution in [3.63, 3.8) is 0 Å². The van der Waals surface area contributed by atoms with Crippen molar-refractivity contribution in [1.29, 1.82) is 0 Å². The monoisotopic (exact) mass is 509 g/mol. The Hall–Kier alpha value is -4.08. The van der Waals surface area contributed by atoms with Crippen molar-refractivity contribution in [2.24, 2.45) is 5.92 Å². The second kappa shape index (κ2) is 11.3. The molecule has 0 spiro atoms. The lowest BCUT2D eigenvalue weighted by molar-refractivity contribution is -0.132. The molecule has 0 saturated carbocycles. The minimum absolute atomic E-state index is 0.159. The Kier molecular flexibility index (Phi) is 8.42. The molecule has 0 aliphatic rings. The second-order valence-corrected chi connectivity index (χ2v) is 10.2. The Bertz CT molecular complexity index is 1320. The second-order valence-electron chi connectivity index (χ2n) is 10.2. The van der Waals surface area contributed by atoms with E-state index < -0.39 is 17.8 Å². The van der Waals surface area contributed by atoms with Crippen LogP contribution in [0.4, 0.5) is 4.39 Å². The highest BCUT2D eigenvalue weighted by molar-refractivity contribution is 5.94. The van der Waals surface area contributed by atoms with Crippen molar-refractivity contribution in [2.45, 2.75) is 40.0 Å². The zero-order valence-corrected chi connectivity index (χ0v) is 21.7. The van der Waals surface area contributed by atoms with Gasteiger partial charge in [0, 0.05) is 42.9 Å². The van der Waals surface area contributed by atoms with Crippen LogP contribution in [0.3, 0.4) is 0 Å². The van der Waals surface area contributed by atoms with Crippen LogP contribution in [0.2, 0.25) is 0 Å². The summed E-state index contributed by atoms with van der Waals surface area (Å²) in [6, 6.07) is 7.94. The number of benzene rings is 1. The van der Waals surface area contributed by atoms with E-state index in [1.165, 1.54) is 17.0 Å². The summed E-state index contributed by atoms with van der Waals surface area (Å²) in [6.07, 6.45) is 3.34. The molecule has 0 aliphatic carbocycles. The molecule has 2 amide bonds. The first-order valence-corrected chi connectivity index (χ1v) is 12.0. The normalized spacial score (nSPS) is 11.9. The number of imidazole rings is 1. The molecule has 0 saturated heterocycles. The molecule has 0 unspecified atom stereocenters. The van der Waals surface area contributed by atoms with E-state index in [0.717, 1.165) is 23.3 Å². The summed E-state index contributed by atoms with van der Waals surface area (Å²) in [5, 5.41) is 16.2. The average molecular weight is 510 g/mol. The molecule has 0 aliphatic heterocycles. The summed E-state index contributed by atoms with van der Waals surface area (Å²) < 4.78 is 15.0. The fourth-order valence-corrected chi connectivity index (χ4v) is 3.78. The molecule has 2 N–H and O–H groups in total. The highest BCUT2D eigenvalue weighted by Crippen LogP contribution is 2.29. The van der Waals surface area contributed by atoms with E-state index in [-0.39, 0.29) is 35.9 Å². The Labute approximate surface area is 215 Å². The van der Waals surface area contributed by atoms with Gasteiger partial charge in [0.25, 0.3) is 5.91 Å². The van der Waals surface area contributed by atoms with Crippen LogP contribution in [0, 0.1) is 11.7 Å². The van der Waals surface area contributed by atoms with E-state index in [9.17, 15) is 18.8 Å². The first kappa shape index (κ1) is 27.5. The number of nitrogens with zero attached hydrogens (tertiary/aromatic N) is 4. The zero-order chi connectivity index (χ0) is 27.3. The van der Waals surface area contributed by atoms with Gasteiger partial charge >= 0.3 is 5.97 Å². The van der Waals surface area contributed by atoms with E-state index >= 15 is 0 Å². The number of carbonyl (C=O) groups is 3. The Morgan fingerprint density at radius 2 is 1.84 bits per heavy atom. The molecule has 2 heterocycles. The van der Waals surface area contributed by atoms with Gasteiger partial charge in [0.05, 0.1) is 11.9 Å². The van der Waals surface area contributed by atoms with Crippen molar-refractivity contribution in [2.75, 3.05) is 19.6 Å². The Balaban J connectivity index is 1.81. The van der Waals surface area contributed by atoms with Gasteiger partial charge in [-0.1, -0.05) is 34.6 Å². The van der Waals surface area contributed by atoms with Crippen LogP contribution in [-0.4, -0.2) is 62.0 Å². The molecule has 3 rings (SSSR count). The lowest BCUT2D eigenvalue weighted by Gasteiger charge is -2.23. The third-order valence-electron chi connectivity index (χ3n) is 5.54. The number of fused-ring (bicyclic) bond motifs is 1. The summed E-state index contributed by atoms with van der Waals surface area (Å²) in [5.74, 6) is -2.25. The van der Waals surface area contributed by atoms with Crippen LogP contribution < -0.4 is 5.32 Å². The molecule has 1 aromatic carbocycles. The molecule has 10 heteroatoms. The van der Waals surface area contributed by atoms with Gasteiger partial charge in [0.15, 0.2) is 5.65 Å². The van der Waals surface area contributed by atoms with Gasteiger partial charge in [-0.15, -0.1) is 0 Å². The molecular formula is C27H32FN5O4. The minimum atomic E-state index is -1.20. The van der Waals surface area contributed by atoms with Gasteiger partial charge in [0.1, 0.15) is 11.5 Å². The minimum Gasteiger partial charge on any atom is -0.478 e. The van der Waals surface area contributed by atoms with Crippen LogP contribution in [0.25, 0.3) is 16.9 Å². The number of rotatable bonds is 9. The molecule has 0 atom stereocenters. The third kappa shape index (κ3) is 7.22.